The Morgan fingerprint density at radius 2 is 1.22 bits per heavy atom. The van der Waals surface area contributed by atoms with Crippen LogP contribution in [-0.2, 0) is 0 Å². The van der Waals surface area contributed by atoms with E-state index in [1.807, 2.05) is 0 Å². The van der Waals surface area contributed by atoms with Crippen molar-refractivity contribution in [1.82, 2.24) is 0 Å². The van der Waals surface area contributed by atoms with E-state index < -0.39 is 0 Å². The Labute approximate surface area is 112 Å². The molecule has 0 heterocycles. The predicted octanol–water partition coefficient (Wildman–Crippen LogP) is 4.90. The second-order valence-electron chi connectivity index (χ2n) is 3.64. The van der Waals surface area contributed by atoms with Gasteiger partial charge in [-0.2, -0.15) is 0 Å². The minimum atomic E-state index is -0.292. The summed E-state index contributed by atoms with van der Waals surface area (Å²) in [5.41, 5.74) is 5.42. The molecule has 2 rings (SSSR count). The van der Waals surface area contributed by atoms with Crippen molar-refractivity contribution in [3.05, 3.63) is 82.0 Å². The number of hydrogen-bond acceptors (Lipinski definition) is 0. The first-order valence-corrected chi connectivity index (χ1v) is 6.19. The molecule has 3 heteroatoms. The van der Waals surface area contributed by atoms with Gasteiger partial charge in [0.2, 0.25) is 0 Å². The van der Waals surface area contributed by atoms with E-state index in [1.54, 1.807) is 29.3 Å². The van der Waals surface area contributed by atoms with Crippen molar-refractivity contribution in [2.45, 2.75) is 0 Å². The summed E-state index contributed by atoms with van der Waals surface area (Å²) >= 11 is 3.17. The van der Waals surface area contributed by atoms with Crippen LogP contribution in [0.15, 0.2) is 59.2 Å². The van der Waals surface area contributed by atoms with E-state index in [1.165, 1.54) is 24.3 Å². The molecular weight excluding hydrogens is 298 g/mol. The van der Waals surface area contributed by atoms with E-state index in [4.69, 9.17) is 0 Å². The van der Waals surface area contributed by atoms with Crippen LogP contribution in [0.1, 0.15) is 11.1 Å². The van der Waals surface area contributed by atoms with Gasteiger partial charge in [0.05, 0.1) is 0 Å². The summed E-state index contributed by atoms with van der Waals surface area (Å²) in [6.07, 6.45) is 0. The van der Waals surface area contributed by atoms with Gasteiger partial charge in [-0.15, -0.1) is 5.73 Å². The summed E-state index contributed by atoms with van der Waals surface area (Å²) in [6, 6.07) is 12.2. The maximum absolute atomic E-state index is 12.9. The predicted molar refractivity (Wildman–Crippen MR) is 72.3 cm³/mol. The van der Waals surface area contributed by atoms with Gasteiger partial charge in [-0.1, -0.05) is 40.2 Å². The van der Waals surface area contributed by atoms with Gasteiger partial charge in [0.25, 0.3) is 0 Å². The lowest BCUT2D eigenvalue weighted by Crippen LogP contribution is -1.87. The highest BCUT2D eigenvalue weighted by Gasteiger charge is 2.04. The number of hydrogen-bond donors (Lipinski definition) is 0. The van der Waals surface area contributed by atoms with Gasteiger partial charge < -0.3 is 0 Å². The Bertz CT molecular complexity index is 544. The quantitative estimate of drug-likeness (QED) is 0.692. The lowest BCUT2D eigenvalue weighted by Gasteiger charge is -2.05. The zero-order valence-corrected chi connectivity index (χ0v) is 10.9. The molecule has 0 unspecified atom stereocenters. The van der Waals surface area contributed by atoms with Crippen molar-refractivity contribution in [2.24, 2.45) is 0 Å². The first kappa shape index (κ1) is 12.7. The third-order valence-electron chi connectivity index (χ3n) is 2.46. The average Bonchev–Trinajstić information content (AvgIpc) is 2.39. The fraction of sp³-hybridized carbons (Fsp3) is 0. The van der Waals surface area contributed by atoms with Crippen LogP contribution in [0, 0.1) is 11.6 Å². The number of benzene rings is 2. The van der Waals surface area contributed by atoms with E-state index in [9.17, 15) is 8.78 Å². The standard InChI is InChI=1S/C15H9BrF2/c16-10-9-15(11-1-5-13(17)6-2-11)12-3-7-14(18)8-4-12/h1-8,10H. The lowest BCUT2D eigenvalue weighted by molar-refractivity contribution is 0.627. The summed E-state index contributed by atoms with van der Waals surface area (Å²) in [6.45, 7) is 0. The van der Waals surface area contributed by atoms with Crippen LogP contribution in [0.2, 0.25) is 0 Å². The Kier molecular flexibility index (Phi) is 4.08. The molecule has 0 spiro atoms. The van der Waals surface area contributed by atoms with Gasteiger partial charge in [0.1, 0.15) is 11.6 Å². The minimum Gasteiger partial charge on any atom is -0.207 e. The Morgan fingerprint density at radius 1 is 0.833 bits per heavy atom. The molecule has 0 nitrogen and oxygen atoms in total. The summed E-state index contributed by atoms with van der Waals surface area (Å²) in [5, 5.41) is 0. The van der Waals surface area contributed by atoms with E-state index in [0.717, 1.165) is 16.7 Å². The van der Waals surface area contributed by atoms with Crippen molar-refractivity contribution in [2.75, 3.05) is 0 Å². The largest absolute Gasteiger partial charge is 0.207 e. The van der Waals surface area contributed by atoms with Crippen LogP contribution in [0.4, 0.5) is 8.78 Å². The van der Waals surface area contributed by atoms with Gasteiger partial charge in [-0.05, 0) is 35.4 Å². The van der Waals surface area contributed by atoms with Crippen molar-refractivity contribution < 1.29 is 8.78 Å². The molecule has 0 amide bonds. The molecule has 0 saturated carbocycles. The van der Waals surface area contributed by atoms with Crippen LogP contribution >= 0.6 is 15.9 Å². The van der Waals surface area contributed by atoms with E-state index >= 15 is 0 Å². The Balaban J connectivity index is 2.50. The molecule has 0 aliphatic heterocycles. The molecule has 2 aromatic rings. The Morgan fingerprint density at radius 3 is 1.56 bits per heavy atom. The third-order valence-corrected chi connectivity index (χ3v) is 2.69. The molecule has 0 saturated heterocycles. The van der Waals surface area contributed by atoms with Crippen LogP contribution < -0.4 is 0 Å². The molecule has 0 atom stereocenters. The average molecular weight is 307 g/mol. The zero-order valence-electron chi connectivity index (χ0n) is 9.33. The molecule has 0 aliphatic rings. The monoisotopic (exact) mass is 306 g/mol. The molecule has 0 radical (unpaired) electrons. The van der Waals surface area contributed by atoms with Crippen LogP contribution in [0.5, 0.6) is 0 Å². The maximum atomic E-state index is 12.9. The molecule has 90 valence electrons. The van der Waals surface area contributed by atoms with Gasteiger partial charge in [0.15, 0.2) is 0 Å². The second kappa shape index (κ2) is 5.76. The van der Waals surface area contributed by atoms with Gasteiger partial charge in [-0.25, -0.2) is 8.78 Å². The van der Waals surface area contributed by atoms with Crippen LogP contribution in [0.3, 0.4) is 0 Å². The molecule has 2 aromatic carbocycles. The van der Waals surface area contributed by atoms with E-state index in [2.05, 4.69) is 21.7 Å². The Hall–Kier alpha value is -1.70. The van der Waals surface area contributed by atoms with Crippen molar-refractivity contribution in [1.29, 1.82) is 0 Å². The number of rotatable bonds is 2. The van der Waals surface area contributed by atoms with Crippen molar-refractivity contribution >= 4 is 21.5 Å². The fourth-order valence-electron chi connectivity index (χ4n) is 1.62. The molecular formula is C15H9BrF2. The summed E-state index contributed by atoms with van der Waals surface area (Å²) in [4.78, 5) is 1.59. The van der Waals surface area contributed by atoms with E-state index in [-0.39, 0.29) is 11.6 Å². The lowest BCUT2D eigenvalue weighted by atomic mass is 9.99. The third kappa shape index (κ3) is 2.95. The molecule has 0 aromatic heterocycles. The summed E-state index contributed by atoms with van der Waals surface area (Å²) in [7, 11) is 0. The highest BCUT2D eigenvalue weighted by atomic mass is 79.9. The topological polar surface area (TPSA) is 0 Å². The molecule has 0 aliphatic carbocycles. The van der Waals surface area contributed by atoms with Crippen molar-refractivity contribution in [3.63, 3.8) is 0 Å². The normalized spacial score (nSPS) is 9.72. The van der Waals surface area contributed by atoms with Gasteiger partial charge in [-0.3, -0.25) is 0 Å². The first-order valence-electron chi connectivity index (χ1n) is 5.28. The molecule has 0 bridgehead atoms. The fourth-order valence-corrected chi connectivity index (χ4v) is 1.85. The molecule has 0 N–H and O–H groups in total. The smallest absolute Gasteiger partial charge is 0.123 e. The molecule has 18 heavy (non-hydrogen) atoms. The summed E-state index contributed by atoms with van der Waals surface area (Å²) < 4.78 is 25.8. The summed E-state index contributed by atoms with van der Waals surface area (Å²) in [5.74, 6) is -0.583. The van der Waals surface area contributed by atoms with Gasteiger partial charge in [0, 0.05) is 10.6 Å². The maximum Gasteiger partial charge on any atom is 0.123 e. The van der Waals surface area contributed by atoms with Gasteiger partial charge >= 0.3 is 0 Å². The number of halogens is 3. The highest BCUT2D eigenvalue weighted by molar-refractivity contribution is 9.11. The van der Waals surface area contributed by atoms with E-state index in [0.29, 0.717) is 0 Å². The van der Waals surface area contributed by atoms with Crippen molar-refractivity contribution in [3.8, 4) is 0 Å². The minimum absolute atomic E-state index is 0.292. The molecule has 0 fully saturated rings. The SMILES string of the molecule is Fc1ccc(C(=C=CBr)c2ccc(F)cc2)cc1. The van der Waals surface area contributed by atoms with Crippen LogP contribution in [-0.4, -0.2) is 0 Å². The highest BCUT2D eigenvalue weighted by Crippen LogP contribution is 2.23. The van der Waals surface area contributed by atoms with Crippen LogP contribution in [0.25, 0.3) is 5.57 Å². The second-order valence-corrected chi connectivity index (χ2v) is 4.10. The zero-order chi connectivity index (χ0) is 13.0. The first-order chi connectivity index (χ1) is 8.70.